The molecule has 2 aromatic rings. The summed E-state index contributed by atoms with van der Waals surface area (Å²) in [6, 6.07) is 7.42. The van der Waals surface area contributed by atoms with E-state index < -0.39 is 0 Å². The zero-order valence-electron chi connectivity index (χ0n) is 11.6. The highest BCUT2D eigenvalue weighted by Crippen LogP contribution is 2.12. The van der Waals surface area contributed by atoms with Crippen molar-refractivity contribution in [2.75, 3.05) is 26.3 Å². The first-order valence-electron chi connectivity index (χ1n) is 6.72. The van der Waals surface area contributed by atoms with E-state index in [0.717, 1.165) is 11.2 Å². The second-order valence-corrected chi connectivity index (χ2v) is 4.83. The van der Waals surface area contributed by atoms with Gasteiger partial charge in [-0.25, -0.2) is 0 Å². The highest BCUT2D eigenvalue weighted by molar-refractivity contribution is 5.79. The fourth-order valence-corrected chi connectivity index (χ4v) is 2.37. The molecule has 5 nitrogen and oxygen atoms in total. The van der Waals surface area contributed by atoms with Crippen LogP contribution >= 0.6 is 0 Å². The smallest absolute Gasteiger partial charge is 0.194 e. The molecule has 5 heteroatoms. The molecule has 0 spiro atoms. The van der Waals surface area contributed by atoms with Gasteiger partial charge in [0.15, 0.2) is 5.43 Å². The monoisotopic (exact) mass is 276 g/mol. The van der Waals surface area contributed by atoms with Crippen molar-refractivity contribution >= 4 is 10.9 Å². The summed E-state index contributed by atoms with van der Waals surface area (Å²) in [5, 5.41) is 18.8. The summed E-state index contributed by atoms with van der Waals surface area (Å²) in [6.07, 6.45) is 0. The quantitative estimate of drug-likeness (QED) is 0.723. The molecule has 0 atom stereocenters. The Bertz CT molecular complexity index is 631. The van der Waals surface area contributed by atoms with Crippen molar-refractivity contribution in [1.82, 2.24) is 9.88 Å². The summed E-state index contributed by atoms with van der Waals surface area (Å²) >= 11 is 0. The maximum Gasteiger partial charge on any atom is 0.194 e. The number of aryl methyl sites for hydroxylation is 1. The largest absolute Gasteiger partial charge is 0.395 e. The number of benzene rings is 1. The van der Waals surface area contributed by atoms with Crippen LogP contribution in [0.4, 0.5) is 0 Å². The molecule has 0 saturated heterocycles. The molecule has 2 rings (SSSR count). The van der Waals surface area contributed by atoms with Gasteiger partial charge in [-0.15, -0.1) is 0 Å². The Morgan fingerprint density at radius 1 is 1.15 bits per heavy atom. The number of aromatic nitrogens is 1. The second-order valence-electron chi connectivity index (χ2n) is 4.83. The average Bonchev–Trinajstić information content (AvgIpc) is 2.44. The normalized spacial score (nSPS) is 11.4. The predicted octanol–water partition coefficient (Wildman–Crippen LogP) is 0.623. The minimum absolute atomic E-state index is 0.00450. The van der Waals surface area contributed by atoms with Gasteiger partial charge in [0.05, 0.1) is 13.2 Å². The van der Waals surface area contributed by atoms with Crippen LogP contribution in [0.5, 0.6) is 0 Å². The number of hydrogen-bond acceptors (Lipinski definition) is 4. The van der Waals surface area contributed by atoms with Crippen molar-refractivity contribution in [1.29, 1.82) is 0 Å². The van der Waals surface area contributed by atoms with Crippen LogP contribution in [0.1, 0.15) is 11.3 Å². The summed E-state index contributed by atoms with van der Waals surface area (Å²) in [7, 11) is 0. The van der Waals surface area contributed by atoms with Gasteiger partial charge in [0.2, 0.25) is 0 Å². The minimum Gasteiger partial charge on any atom is -0.395 e. The molecule has 0 aliphatic rings. The first kappa shape index (κ1) is 14.7. The third-order valence-electron chi connectivity index (χ3n) is 3.43. The lowest BCUT2D eigenvalue weighted by molar-refractivity contribution is 0.155. The topological polar surface area (TPSA) is 76.6 Å². The molecule has 0 bridgehead atoms. The molecule has 1 aromatic heterocycles. The molecule has 20 heavy (non-hydrogen) atoms. The van der Waals surface area contributed by atoms with Crippen molar-refractivity contribution in [2.24, 2.45) is 0 Å². The molecular formula is C15H20N2O3. The van der Waals surface area contributed by atoms with Crippen LogP contribution < -0.4 is 5.43 Å². The first-order valence-corrected chi connectivity index (χ1v) is 6.72. The highest BCUT2D eigenvalue weighted by Gasteiger charge is 2.13. The molecule has 3 N–H and O–H groups in total. The standard InChI is InChI=1S/C15H20N2O3/c1-11-13(10-17(6-8-18)7-9-19)15(20)12-4-2-3-5-14(12)16-11/h2-5,18-19H,6-10H2,1H3,(H,16,20). The number of pyridine rings is 1. The van der Waals surface area contributed by atoms with Gasteiger partial charge >= 0.3 is 0 Å². The number of aliphatic hydroxyl groups excluding tert-OH is 2. The number of aliphatic hydroxyl groups is 2. The van der Waals surface area contributed by atoms with Crippen molar-refractivity contribution in [3.63, 3.8) is 0 Å². The van der Waals surface area contributed by atoms with Gasteiger partial charge in [-0.2, -0.15) is 0 Å². The van der Waals surface area contributed by atoms with Gasteiger partial charge in [-0.05, 0) is 19.1 Å². The van der Waals surface area contributed by atoms with Crippen LogP contribution in [0.15, 0.2) is 29.1 Å². The number of H-pyrrole nitrogens is 1. The van der Waals surface area contributed by atoms with E-state index in [1.807, 2.05) is 30.0 Å². The predicted molar refractivity (Wildman–Crippen MR) is 78.8 cm³/mol. The maximum atomic E-state index is 12.5. The molecule has 0 fully saturated rings. The molecule has 0 amide bonds. The number of rotatable bonds is 6. The summed E-state index contributed by atoms with van der Waals surface area (Å²) in [5.74, 6) is 0. The van der Waals surface area contributed by atoms with Gasteiger partial charge in [0, 0.05) is 41.8 Å². The van der Waals surface area contributed by atoms with E-state index in [-0.39, 0.29) is 18.6 Å². The third kappa shape index (κ3) is 3.07. The Morgan fingerprint density at radius 2 is 1.80 bits per heavy atom. The number of nitrogens with zero attached hydrogens (tertiary/aromatic N) is 1. The molecule has 1 heterocycles. The van der Waals surface area contributed by atoms with E-state index in [0.29, 0.717) is 30.6 Å². The van der Waals surface area contributed by atoms with Crippen LogP contribution in [0.2, 0.25) is 0 Å². The summed E-state index contributed by atoms with van der Waals surface area (Å²) < 4.78 is 0. The number of hydrogen-bond donors (Lipinski definition) is 3. The van der Waals surface area contributed by atoms with Crippen LogP contribution in [-0.2, 0) is 6.54 Å². The molecule has 0 aliphatic carbocycles. The lowest BCUT2D eigenvalue weighted by Gasteiger charge is -2.21. The van der Waals surface area contributed by atoms with E-state index in [1.54, 1.807) is 6.07 Å². The minimum atomic E-state index is 0.00450. The third-order valence-corrected chi connectivity index (χ3v) is 3.43. The fraction of sp³-hybridized carbons (Fsp3) is 0.400. The molecule has 0 unspecified atom stereocenters. The van der Waals surface area contributed by atoms with Gasteiger partial charge in [-0.1, -0.05) is 12.1 Å². The van der Waals surface area contributed by atoms with Gasteiger partial charge in [0.1, 0.15) is 0 Å². The molecule has 0 radical (unpaired) electrons. The lowest BCUT2D eigenvalue weighted by atomic mass is 10.1. The highest BCUT2D eigenvalue weighted by atomic mass is 16.3. The first-order chi connectivity index (χ1) is 9.67. The van der Waals surface area contributed by atoms with Crippen LogP contribution in [0.3, 0.4) is 0 Å². The van der Waals surface area contributed by atoms with Crippen molar-refractivity contribution in [3.05, 3.63) is 45.7 Å². The lowest BCUT2D eigenvalue weighted by Crippen LogP contribution is -2.32. The number of para-hydroxylation sites is 1. The molecule has 0 aliphatic heterocycles. The van der Waals surface area contributed by atoms with Gasteiger partial charge < -0.3 is 15.2 Å². The van der Waals surface area contributed by atoms with E-state index in [1.165, 1.54) is 0 Å². The second kappa shape index (κ2) is 6.65. The Labute approximate surface area is 117 Å². The van der Waals surface area contributed by atoms with E-state index in [2.05, 4.69) is 4.98 Å². The van der Waals surface area contributed by atoms with Crippen LogP contribution in [-0.4, -0.2) is 46.4 Å². The number of aromatic amines is 1. The fourth-order valence-electron chi connectivity index (χ4n) is 2.37. The van der Waals surface area contributed by atoms with Crippen LogP contribution in [0.25, 0.3) is 10.9 Å². The van der Waals surface area contributed by atoms with Crippen molar-refractivity contribution in [3.8, 4) is 0 Å². The number of nitrogens with one attached hydrogen (secondary N) is 1. The molecular weight excluding hydrogens is 256 g/mol. The van der Waals surface area contributed by atoms with E-state index in [9.17, 15) is 4.79 Å². The molecule has 0 saturated carbocycles. The van der Waals surface area contributed by atoms with Gasteiger partial charge in [-0.3, -0.25) is 9.69 Å². The van der Waals surface area contributed by atoms with Crippen molar-refractivity contribution < 1.29 is 10.2 Å². The average molecular weight is 276 g/mol. The Balaban J connectivity index is 2.40. The number of fused-ring (bicyclic) bond motifs is 1. The Hall–Kier alpha value is -1.69. The summed E-state index contributed by atoms with van der Waals surface area (Å²) in [6.45, 7) is 3.18. The maximum absolute atomic E-state index is 12.5. The zero-order valence-corrected chi connectivity index (χ0v) is 11.6. The SMILES string of the molecule is Cc1[nH]c2ccccc2c(=O)c1CN(CCO)CCO. The molecule has 108 valence electrons. The van der Waals surface area contributed by atoms with E-state index in [4.69, 9.17) is 10.2 Å². The van der Waals surface area contributed by atoms with Gasteiger partial charge in [0.25, 0.3) is 0 Å². The van der Waals surface area contributed by atoms with Crippen molar-refractivity contribution in [2.45, 2.75) is 13.5 Å². The molecule has 1 aromatic carbocycles. The van der Waals surface area contributed by atoms with E-state index >= 15 is 0 Å². The van der Waals surface area contributed by atoms with Crippen LogP contribution in [0, 0.1) is 6.92 Å². The summed E-state index contributed by atoms with van der Waals surface area (Å²) in [5.41, 5.74) is 2.35. The zero-order chi connectivity index (χ0) is 14.5. The Kier molecular flexibility index (Phi) is 4.89. The summed E-state index contributed by atoms with van der Waals surface area (Å²) in [4.78, 5) is 17.6. The Morgan fingerprint density at radius 3 is 2.45 bits per heavy atom.